The summed E-state index contributed by atoms with van der Waals surface area (Å²) in [5, 5.41) is 11.9. The lowest BCUT2D eigenvalue weighted by Gasteiger charge is -2.23. The maximum Gasteiger partial charge on any atom is 0.301 e. The first-order valence-electron chi connectivity index (χ1n) is 12.0. The van der Waals surface area contributed by atoms with E-state index >= 15 is 0 Å². The number of anilines is 1. The van der Waals surface area contributed by atoms with Crippen molar-refractivity contribution in [1.82, 2.24) is 4.98 Å². The number of aryl methyl sites for hydroxylation is 1. The highest BCUT2D eigenvalue weighted by molar-refractivity contribution is 7.22. The Morgan fingerprint density at radius 1 is 1.14 bits per heavy atom. The van der Waals surface area contributed by atoms with E-state index in [-0.39, 0.29) is 17.4 Å². The predicted molar refractivity (Wildman–Crippen MR) is 142 cm³/mol. The molecule has 3 aromatic carbocycles. The molecule has 0 spiro atoms. The number of aliphatic hydroxyl groups is 1. The molecule has 186 valence electrons. The summed E-state index contributed by atoms with van der Waals surface area (Å²) >= 11 is 1.34. The van der Waals surface area contributed by atoms with Crippen molar-refractivity contribution in [3.05, 3.63) is 88.5 Å². The average molecular weight is 513 g/mol. The van der Waals surface area contributed by atoms with Crippen molar-refractivity contribution in [1.29, 1.82) is 0 Å². The van der Waals surface area contributed by atoms with E-state index in [2.05, 4.69) is 4.98 Å². The monoisotopic (exact) mass is 512 g/mol. The van der Waals surface area contributed by atoms with Gasteiger partial charge in [-0.25, -0.2) is 4.98 Å². The molecule has 37 heavy (non-hydrogen) atoms. The second-order valence-corrected chi connectivity index (χ2v) is 10.4. The zero-order chi connectivity index (χ0) is 25.8. The largest absolute Gasteiger partial charge is 0.507 e. The molecule has 1 amide bonds. The van der Waals surface area contributed by atoms with Gasteiger partial charge in [0.15, 0.2) is 5.13 Å². The number of nitrogens with zero attached hydrogens (tertiary/aromatic N) is 2. The summed E-state index contributed by atoms with van der Waals surface area (Å²) in [6.45, 7) is 3.97. The third kappa shape index (κ3) is 3.84. The van der Waals surface area contributed by atoms with Gasteiger partial charge in [-0.15, -0.1) is 0 Å². The van der Waals surface area contributed by atoms with Crippen LogP contribution >= 0.6 is 11.3 Å². The summed E-state index contributed by atoms with van der Waals surface area (Å²) in [5.41, 5.74) is 3.87. The van der Waals surface area contributed by atoms with Crippen molar-refractivity contribution in [3.8, 4) is 11.5 Å². The van der Waals surface area contributed by atoms with E-state index < -0.39 is 17.7 Å². The molecule has 3 heterocycles. The normalized spacial score (nSPS) is 20.4. The van der Waals surface area contributed by atoms with Crippen molar-refractivity contribution in [2.24, 2.45) is 0 Å². The number of hydrogen-bond donors (Lipinski definition) is 1. The summed E-state index contributed by atoms with van der Waals surface area (Å²) in [4.78, 5) is 33.1. The van der Waals surface area contributed by atoms with Crippen LogP contribution in [0.2, 0.25) is 0 Å². The molecule has 1 fully saturated rings. The lowest BCUT2D eigenvalue weighted by Crippen LogP contribution is -2.29. The third-order valence-electron chi connectivity index (χ3n) is 6.76. The Kier molecular flexibility index (Phi) is 5.49. The fourth-order valence-electron chi connectivity index (χ4n) is 5.00. The van der Waals surface area contributed by atoms with Crippen LogP contribution in [0.25, 0.3) is 16.0 Å². The molecule has 7 nitrogen and oxygen atoms in total. The minimum absolute atomic E-state index is 0.0144. The van der Waals surface area contributed by atoms with Crippen LogP contribution in [0.15, 0.2) is 66.2 Å². The van der Waals surface area contributed by atoms with E-state index in [4.69, 9.17) is 9.47 Å². The predicted octanol–water partition coefficient (Wildman–Crippen LogP) is 5.56. The number of hydrogen-bond acceptors (Lipinski definition) is 7. The number of ketones is 1. The van der Waals surface area contributed by atoms with Crippen LogP contribution in [0, 0.1) is 6.92 Å². The molecular formula is C29H24N2O5S. The average Bonchev–Trinajstić information content (AvgIpc) is 3.55. The third-order valence-corrected chi connectivity index (χ3v) is 7.78. The van der Waals surface area contributed by atoms with Gasteiger partial charge in [0.05, 0.1) is 28.9 Å². The number of carbonyl (C=O) groups is 2. The zero-order valence-corrected chi connectivity index (χ0v) is 21.3. The van der Waals surface area contributed by atoms with E-state index in [9.17, 15) is 14.7 Å². The van der Waals surface area contributed by atoms with Crippen LogP contribution in [-0.4, -0.2) is 35.0 Å². The van der Waals surface area contributed by atoms with E-state index in [0.29, 0.717) is 28.4 Å². The Morgan fingerprint density at radius 3 is 2.78 bits per heavy atom. The number of carbonyl (C=O) groups excluding carboxylic acids is 2. The highest BCUT2D eigenvalue weighted by Crippen LogP contribution is 2.45. The molecule has 2 aliphatic rings. The van der Waals surface area contributed by atoms with E-state index in [1.807, 2.05) is 44.2 Å². The number of Topliss-reactive ketones (excluding diaryl/α,β-unsaturated/α-hetero) is 1. The first-order valence-corrected chi connectivity index (χ1v) is 12.8. The zero-order valence-electron chi connectivity index (χ0n) is 20.5. The molecule has 1 aromatic heterocycles. The topological polar surface area (TPSA) is 89.0 Å². The first kappa shape index (κ1) is 23.2. The number of rotatable bonds is 4. The van der Waals surface area contributed by atoms with E-state index in [0.717, 1.165) is 27.1 Å². The lowest BCUT2D eigenvalue weighted by molar-refractivity contribution is -0.132. The van der Waals surface area contributed by atoms with Gasteiger partial charge >= 0.3 is 5.91 Å². The Hall–Kier alpha value is -4.17. The molecular weight excluding hydrogens is 488 g/mol. The molecule has 1 N–H and O–H groups in total. The highest BCUT2D eigenvalue weighted by atomic mass is 32.1. The number of benzene rings is 3. The van der Waals surface area contributed by atoms with Gasteiger partial charge in [-0.2, -0.15) is 0 Å². The Bertz CT molecular complexity index is 1620. The summed E-state index contributed by atoms with van der Waals surface area (Å²) in [5.74, 6) is -0.382. The number of fused-ring (bicyclic) bond motifs is 2. The summed E-state index contributed by atoms with van der Waals surface area (Å²) < 4.78 is 12.1. The molecule has 0 radical (unpaired) electrons. The SMILES string of the molecule is COc1cccc([C@H]2/C(=C(\O)c3ccc4c(c3)C[C@H](C)O4)C(=O)C(=O)N2c2nc3ccc(C)cc3s2)c1. The number of thiazole rings is 1. The smallest absolute Gasteiger partial charge is 0.301 e. The van der Waals surface area contributed by atoms with Gasteiger partial charge < -0.3 is 14.6 Å². The fourth-order valence-corrected chi connectivity index (χ4v) is 6.09. The lowest BCUT2D eigenvalue weighted by atomic mass is 9.94. The number of methoxy groups -OCH3 is 1. The van der Waals surface area contributed by atoms with Crippen molar-refractivity contribution in [2.45, 2.75) is 32.4 Å². The summed E-state index contributed by atoms with van der Waals surface area (Å²) in [6, 6.07) is 17.5. The quantitative estimate of drug-likeness (QED) is 0.219. The van der Waals surface area contributed by atoms with Crippen LogP contribution in [0.1, 0.15) is 35.2 Å². The molecule has 0 saturated carbocycles. The molecule has 0 unspecified atom stereocenters. The Labute approximate surface area is 217 Å². The van der Waals surface area contributed by atoms with Crippen molar-refractivity contribution in [3.63, 3.8) is 0 Å². The first-order chi connectivity index (χ1) is 17.8. The van der Waals surface area contributed by atoms with Gasteiger partial charge in [0, 0.05) is 12.0 Å². The fraction of sp³-hybridized carbons (Fsp3) is 0.207. The van der Waals surface area contributed by atoms with Gasteiger partial charge in [-0.05, 0) is 73.0 Å². The van der Waals surface area contributed by atoms with Gasteiger partial charge in [0.1, 0.15) is 23.4 Å². The van der Waals surface area contributed by atoms with Crippen LogP contribution in [0.4, 0.5) is 5.13 Å². The van der Waals surface area contributed by atoms with Crippen molar-refractivity contribution in [2.75, 3.05) is 12.0 Å². The minimum Gasteiger partial charge on any atom is -0.507 e. The van der Waals surface area contributed by atoms with E-state index in [1.165, 1.54) is 16.2 Å². The molecule has 1 saturated heterocycles. The number of ether oxygens (including phenoxy) is 2. The molecule has 2 atom stereocenters. The van der Waals surface area contributed by atoms with Gasteiger partial charge in [0.25, 0.3) is 5.78 Å². The number of amides is 1. The van der Waals surface area contributed by atoms with Crippen LogP contribution in [-0.2, 0) is 16.0 Å². The summed E-state index contributed by atoms with van der Waals surface area (Å²) in [6.07, 6.45) is 0.743. The van der Waals surface area contributed by atoms with Crippen molar-refractivity contribution < 1.29 is 24.2 Å². The van der Waals surface area contributed by atoms with E-state index in [1.54, 1.807) is 37.4 Å². The Balaban J connectivity index is 1.54. The van der Waals surface area contributed by atoms with Crippen molar-refractivity contribution >= 4 is 44.1 Å². The molecule has 2 aliphatic heterocycles. The molecule has 6 rings (SSSR count). The molecule has 8 heteroatoms. The Morgan fingerprint density at radius 2 is 1.97 bits per heavy atom. The maximum atomic E-state index is 13.5. The maximum absolute atomic E-state index is 13.5. The molecule has 0 bridgehead atoms. The van der Waals surface area contributed by atoms with Gasteiger partial charge in [-0.3, -0.25) is 14.5 Å². The highest BCUT2D eigenvalue weighted by Gasteiger charge is 2.48. The van der Waals surface area contributed by atoms with Crippen LogP contribution in [0.3, 0.4) is 0 Å². The molecule has 4 aromatic rings. The van der Waals surface area contributed by atoms with Crippen LogP contribution in [0.5, 0.6) is 11.5 Å². The second-order valence-electron chi connectivity index (χ2n) is 9.37. The number of aliphatic hydroxyl groups excluding tert-OH is 1. The second kappa shape index (κ2) is 8.74. The minimum atomic E-state index is -0.875. The van der Waals surface area contributed by atoms with Gasteiger partial charge in [-0.1, -0.05) is 29.5 Å². The van der Waals surface area contributed by atoms with Crippen LogP contribution < -0.4 is 14.4 Å². The summed E-state index contributed by atoms with van der Waals surface area (Å²) in [7, 11) is 1.56. The standard InChI is InChI=1S/C29H24N2O5S/c1-15-7-9-21-23(11-15)37-29(30-21)31-25(17-5-4-6-20(14-17)35-3)24(27(33)28(31)34)26(32)18-8-10-22-19(13-18)12-16(2)36-22/h4-11,13-14,16,25,32H,12H2,1-3H3/b26-24+/t16-,25-/m0/s1. The molecule has 0 aliphatic carbocycles. The number of aromatic nitrogens is 1. The van der Waals surface area contributed by atoms with Gasteiger partial charge in [0.2, 0.25) is 0 Å².